The second kappa shape index (κ2) is 15.6. The molecule has 9 aromatic rings. The van der Waals surface area contributed by atoms with E-state index < -0.39 is 10.0 Å². The SMILES string of the molecule is CC1(C)c2ccccc2-c2cc(N(c3ccccc3)c3cccc(S(c4ccccc4)(c4ccccc4)c4cccc(N(c5ccccc5)c5ccccc5)c4)c3)ccc21. The molecule has 0 amide bonds. The molecule has 1 aliphatic rings. The van der Waals surface area contributed by atoms with Crippen molar-refractivity contribution in [2.75, 3.05) is 9.80 Å². The van der Waals surface area contributed by atoms with E-state index in [0.29, 0.717) is 0 Å². The predicted molar refractivity (Wildman–Crippen MR) is 253 cm³/mol. The summed E-state index contributed by atoms with van der Waals surface area (Å²) in [4.78, 5) is 9.87. The third-order valence-electron chi connectivity index (χ3n) is 11.9. The molecule has 0 saturated heterocycles. The second-order valence-electron chi connectivity index (χ2n) is 15.8. The van der Waals surface area contributed by atoms with Gasteiger partial charge in [0, 0.05) is 59.1 Å². The zero-order valence-corrected chi connectivity index (χ0v) is 34.7. The Morgan fingerprint density at radius 3 is 1.12 bits per heavy atom. The van der Waals surface area contributed by atoms with Crippen molar-refractivity contribution in [3.63, 3.8) is 0 Å². The van der Waals surface area contributed by atoms with Gasteiger partial charge in [0.2, 0.25) is 0 Å². The first kappa shape index (κ1) is 37.2. The highest BCUT2D eigenvalue weighted by molar-refractivity contribution is 8.34. The monoisotopic (exact) mass is 790 g/mol. The predicted octanol–water partition coefficient (Wildman–Crippen LogP) is 16.3. The highest BCUT2D eigenvalue weighted by Crippen LogP contribution is 2.74. The van der Waals surface area contributed by atoms with Gasteiger partial charge in [-0.25, -0.2) is 0 Å². The molecule has 0 atom stereocenters. The number of hydrogen-bond donors (Lipinski definition) is 0. The molecule has 290 valence electrons. The molecule has 0 aliphatic heterocycles. The number of nitrogens with zero attached hydrogens (tertiary/aromatic N) is 2. The molecule has 0 heterocycles. The minimum Gasteiger partial charge on any atom is -0.310 e. The molecule has 3 heteroatoms. The summed E-state index contributed by atoms with van der Waals surface area (Å²) in [5.41, 5.74) is 12.0. The van der Waals surface area contributed by atoms with Gasteiger partial charge >= 0.3 is 0 Å². The van der Waals surface area contributed by atoms with Gasteiger partial charge in [-0.15, -0.1) is 10.0 Å². The van der Waals surface area contributed by atoms with Crippen molar-refractivity contribution in [3.05, 3.63) is 254 Å². The fourth-order valence-corrected chi connectivity index (χ4v) is 13.1. The molecule has 0 unspecified atom stereocenters. The lowest BCUT2D eigenvalue weighted by atomic mass is 9.82. The molecule has 2 nitrogen and oxygen atoms in total. The van der Waals surface area contributed by atoms with E-state index in [1.807, 2.05) is 0 Å². The fraction of sp³-hybridized carbons (Fsp3) is 0.0526. The van der Waals surface area contributed by atoms with Gasteiger partial charge in [0.25, 0.3) is 0 Å². The van der Waals surface area contributed by atoms with E-state index in [0.717, 1.165) is 34.1 Å². The highest BCUT2D eigenvalue weighted by Gasteiger charge is 2.37. The van der Waals surface area contributed by atoms with Crippen LogP contribution in [0.4, 0.5) is 34.1 Å². The molecule has 0 bridgehead atoms. The Hall–Kier alpha value is -7.07. The van der Waals surface area contributed by atoms with Gasteiger partial charge in [-0.3, -0.25) is 0 Å². The summed E-state index contributed by atoms with van der Waals surface area (Å²) >= 11 is 0. The van der Waals surface area contributed by atoms with Crippen LogP contribution in [0.25, 0.3) is 11.1 Å². The van der Waals surface area contributed by atoms with E-state index in [1.54, 1.807) is 0 Å². The maximum atomic E-state index is 2.45. The Morgan fingerprint density at radius 1 is 0.283 bits per heavy atom. The molecule has 0 radical (unpaired) electrons. The molecule has 0 saturated carbocycles. The van der Waals surface area contributed by atoms with Crippen LogP contribution in [-0.2, 0) is 5.41 Å². The van der Waals surface area contributed by atoms with E-state index >= 15 is 0 Å². The fourth-order valence-electron chi connectivity index (χ4n) is 9.16. The van der Waals surface area contributed by atoms with Crippen molar-refractivity contribution >= 4 is 44.2 Å². The third kappa shape index (κ3) is 6.39. The first-order valence-electron chi connectivity index (χ1n) is 20.7. The minimum atomic E-state index is -2.07. The van der Waals surface area contributed by atoms with E-state index in [1.165, 1.54) is 41.8 Å². The average molecular weight is 791 g/mol. The summed E-state index contributed by atoms with van der Waals surface area (Å²) in [6.07, 6.45) is 0. The maximum Gasteiger partial charge on any atom is 0.0472 e. The quantitative estimate of drug-likeness (QED) is 0.136. The zero-order chi connectivity index (χ0) is 40.5. The van der Waals surface area contributed by atoms with Crippen LogP contribution in [0.5, 0.6) is 0 Å². The molecule has 0 N–H and O–H groups in total. The van der Waals surface area contributed by atoms with Gasteiger partial charge in [0.15, 0.2) is 0 Å². The van der Waals surface area contributed by atoms with Crippen LogP contribution >= 0.6 is 10.0 Å². The summed E-state index contributed by atoms with van der Waals surface area (Å²) < 4.78 is 0. The van der Waals surface area contributed by atoms with Crippen molar-refractivity contribution in [1.82, 2.24) is 0 Å². The Morgan fingerprint density at radius 2 is 0.633 bits per heavy atom. The van der Waals surface area contributed by atoms with E-state index in [2.05, 4.69) is 266 Å². The van der Waals surface area contributed by atoms with Crippen LogP contribution in [-0.4, -0.2) is 0 Å². The summed E-state index contributed by atoms with van der Waals surface area (Å²) in [7, 11) is -2.07. The summed E-state index contributed by atoms with van der Waals surface area (Å²) in [5, 5.41) is 0. The smallest absolute Gasteiger partial charge is 0.0472 e. The van der Waals surface area contributed by atoms with Gasteiger partial charge < -0.3 is 9.80 Å². The third-order valence-corrected chi connectivity index (χ3v) is 15.8. The minimum absolute atomic E-state index is 0.0680. The van der Waals surface area contributed by atoms with Crippen LogP contribution in [0.3, 0.4) is 0 Å². The lowest BCUT2D eigenvalue weighted by Gasteiger charge is -2.43. The topological polar surface area (TPSA) is 6.48 Å². The molecular formula is C57H46N2S. The lowest BCUT2D eigenvalue weighted by Crippen LogP contribution is -2.15. The largest absolute Gasteiger partial charge is 0.310 e. The number of benzene rings is 9. The standard InChI is InChI=1S/C57H46N2S/c1-57(2)55-37-19-18-36-53(55)54-42-48(38-39-56(54)57)59(45-26-12-5-13-27-45)47-29-21-35-52(41-47)60(49-30-14-6-15-31-49,50-32-16-7-17-33-50)51-34-20-28-46(40-51)58(43-22-8-3-9-23-43)44-24-10-4-11-25-44/h3-42H,1-2H3. The number of rotatable bonds is 10. The van der Waals surface area contributed by atoms with Crippen molar-refractivity contribution in [3.8, 4) is 11.1 Å². The number of anilines is 6. The number of hydrogen-bond acceptors (Lipinski definition) is 2. The summed E-state index contributed by atoms with van der Waals surface area (Å²) in [6.45, 7) is 4.69. The van der Waals surface area contributed by atoms with Gasteiger partial charge in [-0.05, 0) is 131 Å². The van der Waals surface area contributed by atoms with Crippen LogP contribution < -0.4 is 9.80 Å². The molecule has 0 spiro atoms. The zero-order valence-electron chi connectivity index (χ0n) is 33.9. The van der Waals surface area contributed by atoms with Crippen molar-refractivity contribution < 1.29 is 0 Å². The molecule has 0 fully saturated rings. The molecule has 60 heavy (non-hydrogen) atoms. The van der Waals surface area contributed by atoms with Crippen molar-refractivity contribution in [2.24, 2.45) is 0 Å². The second-order valence-corrected chi connectivity index (χ2v) is 18.9. The first-order valence-corrected chi connectivity index (χ1v) is 22.3. The van der Waals surface area contributed by atoms with E-state index in [9.17, 15) is 0 Å². The van der Waals surface area contributed by atoms with Crippen LogP contribution in [0.2, 0.25) is 0 Å². The van der Waals surface area contributed by atoms with Crippen LogP contribution in [0.1, 0.15) is 25.0 Å². The molecule has 9 aromatic carbocycles. The van der Waals surface area contributed by atoms with Crippen molar-refractivity contribution in [2.45, 2.75) is 38.8 Å². The first-order chi connectivity index (χ1) is 29.5. The molecule has 0 aromatic heterocycles. The Bertz CT molecular complexity index is 2810. The normalized spacial score (nSPS) is 12.9. The Balaban J connectivity index is 1.21. The summed E-state index contributed by atoms with van der Waals surface area (Å²) in [5.74, 6) is 0. The molecule has 10 rings (SSSR count). The molecular weight excluding hydrogens is 745 g/mol. The highest BCUT2D eigenvalue weighted by atomic mass is 32.3. The maximum absolute atomic E-state index is 2.45. The van der Waals surface area contributed by atoms with Crippen LogP contribution in [0.15, 0.2) is 262 Å². The van der Waals surface area contributed by atoms with E-state index in [-0.39, 0.29) is 5.41 Å². The van der Waals surface area contributed by atoms with Crippen LogP contribution in [0, 0.1) is 0 Å². The lowest BCUT2D eigenvalue weighted by molar-refractivity contribution is 0.660. The van der Waals surface area contributed by atoms with Gasteiger partial charge in [-0.2, -0.15) is 0 Å². The molecule has 1 aliphatic carbocycles. The number of para-hydroxylation sites is 3. The summed E-state index contributed by atoms with van der Waals surface area (Å²) in [6, 6.07) is 89.0. The van der Waals surface area contributed by atoms with Gasteiger partial charge in [-0.1, -0.05) is 147 Å². The Kier molecular flexibility index (Phi) is 9.67. The van der Waals surface area contributed by atoms with E-state index in [4.69, 9.17) is 0 Å². The average Bonchev–Trinajstić information content (AvgIpc) is 3.54. The van der Waals surface area contributed by atoms with Gasteiger partial charge in [0.1, 0.15) is 0 Å². The number of fused-ring (bicyclic) bond motifs is 3. The van der Waals surface area contributed by atoms with Gasteiger partial charge in [0.05, 0.1) is 0 Å². The Labute approximate surface area is 356 Å². The van der Waals surface area contributed by atoms with Crippen molar-refractivity contribution in [1.29, 1.82) is 0 Å².